The van der Waals surface area contributed by atoms with Gasteiger partial charge in [0.2, 0.25) is 15.9 Å². The Morgan fingerprint density at radius 1 is 1.00 bits per heavy atom. The third-order valence-corrected chi connectivity index (χ3v) is 6.51. The molecule has 0 radical (unpaired) electrons. The molecule has 0 aliphatic heterocycles. The number of aromatic nitrogens is 3. The highest BCUT2D eigenvalue weighted by Gasteiger charge is 2.28. The van der Waals surface area contributed by atoms with Crippen molar-refractivity contribution in [2.75, 3.05) is 0 Å². The number of sulfonamides is 1. The zero-order chi connectivity index (χ0) is 22.0. The van der Waals surface area contributed by atoms with Crippen molar-refractivity contribution in [3.05, 3.63) is 72.7 Å². The van der Waals surface area contributed by atoms with Gasteiger partial charge in [-0.05, 0) is 41.0 Å². The van der Waals surface area contributed by atoms with E-state index in [1.807, 2.05) is 42.5 Å². The number of nitrogens with zero attached hydrogens (tertiary/aromatic N) is 3. The Bertz CT molecular complexity index is 1350. The summed E-state index contributed by atoms with van der Waals surface area (Å²) in [5, 5.41) is 12.7. The van der Waals surface area contributed by atoms with E-state index in [0.717, 1.165) is 10.8 Å². The molecule has 2 heterocycles. The second kappa shape index (κ2) is 8.44. The van der Waals surface area contributed by atoms with Gasteiger partial charge in [0.25, 0.3) is 0 Å². The second-order valence-corrected chi connectivity index (χ2v) is 9.33. The minimum atomic E-state index is -3.89. The van der Waals surface area contributed by atoms with Gasteiger partial charge in [-0.2, -0.15) is 4.72 Å². The maximum absolute atomic E-state index is 13.0. The number of rotatable bonds is 7. The summed E-state index contributed by atoms with van der Waals surface area (Å²) in [4.78, 5) is 13.0. The van der Waals surface area contributed by atoms with Crippen molar-refractivity contribution >= 4 is 32.4 Å². The largest absolute Gasteiger partial charge is 0.347 e. The Hall–Kier alpha value is -3.30. The van der Waals surface area contributed by atoms with Gasteiger partial charge in [0.1, 0.15) is 6.04 Å². The van der Waals surface area contributed by atoms with Crippen LogP contribution in [0.5, 0.6) is 0 Å². The maximum Gasteiger partial charge on any atom is 0.241 e. The van der Waals surface area contributed by atoms with Gasteiger partial charge in [0.15, 0.2) is 11.5 Å². The lowest BCUT2D eigenvalue weighted by atomic mass is 10.1. The van der Waals surface area contributed by atoms with Crippen LogP contribution in [0.2, 0.25) is 0 Å². The molecule has 9 heteroatoms. The molecule has 0 spiro atoms. The summed E-state index contributed by atoms with van der Waals surface area (Å²) in [6, 6.07) is 17.0. The third kappa shape index (κ3) is 4.42. The fourth-order valence-corrected chi connectivity index (χ4v) is 4.73. The number of fused-ring (bicyclic) bond motifs is 2. The van der Waals surface area contributed by atoms with Crippen molar-refractivity contribution in [1.29, 1.82) is 0 Å². The van der Waals surface area contributed by atoms with Crippen molar-refractivity contribution in [3.63, 3.8) is 0 Å². The van der Waals surface area contributed by atoms with E-state index in [0.29, 0.717) is 11.5 Å². The van der Waals surface area contributed by atoms with Crippen LogP contribution >= 0.6 is 0 Å². The van der Waals surface area contributed by atoms with Gasteiger partial charge in [0.05, 0.1) is 11.4 Å². The Morgan fingerprint density at radius 3 is 2.52 bits per heavy atom. The van der Waals surface area contributed by atoms with E-state index < -0.39 is 22.0 Å². The Kier molecular flexibility index (Phi) is 5.71. The predicted molar refractivity (Wildman–Crippen MR) is 118 cm³/mol. The highest BCUT2D eigenvalue weighted by molar-refractivity contribution is 7.89. The molecule has 4 rings (SSSR count). The standard InChI is InChI=1S/C22H23N5O3S/c1-15(2)21(22(28)23-14-20-25-24-19-9-5-6-12-27(19)20)26-31(29,30)18-11-10-16-7-3-4-8-17(16)13-18/h3-13,15,21,26H,14H2,1-2H3,(H,23,28)/t21-/m0/s1. The molecule has 2 aromatic heterocycles. The van der Waals surface area contributed by atoms with Gasteiger partial charge >= 0.3 is 0 Å². The number of carbonyl (C=O) groups is 1. The van der Waals surface area contributed by atoms with Crippen molar-refractivity contribution in [2.45, 2.75) is 31.3 Å². The normalized spacial score (nSPS) is 13.0. The Labute approximate surface area is 180 Å². The molecular weight excluding hydrogens is 414 g/mol. The van der Waals surface area contributed by atoms with Crippen LogP contribution in [0.4, 0.5) is 0 Å². The quantitative estimate of drug-likeness (QED) is 0.462. The fourth-order valence-electron chi connectivity index (χ4n) is 3.35. The number of pyridine rings is 1. The first-order valence-corrected chi connectivity index (χ1v) is 11.4. The minimum absolute atomic E-state index is 0.119. The molecular formula is C22H23N5O3S. The van der Waals surface area contributed by atoms with Crippen LogP contribution in [0, 0.1) is 5.92 Å². The summed E-state index contributed by atoms with van der Waals surface area (Å²) < 4.78 is 30.3. The summed E-state index contributed by atoms with van der Waals surface area (Å²) >= 11 is 0. The van der Waals surface area contributed by atoms with Crippen molar-refractivity contribution in [1.82, 2.24) is 24.6 Å². The van der Waals surface area contributed by atoms with E-state index in [1.54, 1.807) is 42.6 Å². The molecule has 0 aliphatic carbocycles. The predicted octanol–water partition coefficient (Wildman–Crippen LogP) is 2.50. The smallest absolute Gasteiger partial charge is 0.241 e. The topological polar surface area (TPSA) is 105 Å². The summed E-state index contributed by atoms with van der Waals surface area (Å²) in [5.74, 6) is -0.124. The maximum atomic E-state index is 13.0. The molecule has 0 aliphatic rings. The summed E-state index contributed by atoms with van der Waals surface area (Å²) in [7, 11) is -3.89. The lowest BCUT2D eigenvalue weighted by Crippen LogP contribution is -2.49. The summed E-state index contributed by atoms with van der Waals surface area (Å²) in [6.45, 7) is 3.71. The van der Waals surface area contributed by atoms with Crippen LogP contribution in [0.15, 0.2) is 71.8 Å². The van der Waals surface area contributed by atoms with Gasteiger partial charge in [-0.25, -0.2) is 8.42 Å². The van der Waals surface area contributed by atoms with Crippen LogP contribution in [0.1, 0.15) is 19.7 Å². The van der Waals surface area contributed by atoms with Crippen LogP contribution in [-0.4, -0.2) is 35.0 Å². The van der Waals surface area contributed by atoms with Gasteiger partial charge in [-0.1, -0.05) is 50.2 Å². The molecule has 0 bridgehead atoms. The van der Waals surface area contributed by atoms with Gasteiger partial charge in [-0.15, -0.1) is 10.2 Å². The molecule has 2 N–H and O–H groups in total. The van der Waals surface area contributed by atoms with E-state index in [4.69, 9.17) is 0 Å². The molecule has 160 valence electrons. The molecule has 1 amide bonds. The molecule has 0 saturated heterocycles. The minimum Gasteiger partial charge on any atom is -0.347 e. The zero-order valence-electron chi connectivity index (χ0n) is 17.2. The van der Waals surface area contributed by atoms with Crippen LogP contribution in [0.25, 0.3) is 16.4 Å². The van der Waals surface area contributed by atoms with Crippen LogP contribution < -0.4 is 10.0 Å². The van der Waals surface area contributed by atoms with E-state index in [-0.39, 0.29) is 17.4 Å². The number of benzene rings is 2. The number of nitrogens with one attached hydrogen (secondary N) is 2. The summed E-state index contributed by atoms with van der Waals surface area (Å²) in [5.41, 5.74) is 0.671. The number of carbonyl (C=O) groups excluding carboxylic acids is 1. The van der Waals surface area contributed by atoms with E-state index in [2.05, 4.69) is 20.2 Å². The highest BCUT2D eigenvalue weighted by atomic mass is 32.2. The first-order valence-electron chi connectivity index (χ1n) is 9.92. The first-order chi connectivity index (χ1) is 14.8. The lowest BCUT2D eigenvalue weighted by Gasteiger charge is -2.21. The molecule has 2 aromatic carbocycles. The average molecular weight is 438 g/mol. The van der Waals surface area contributed by atoms with Crippen LogP contribution in [-0.2, 0) is 21.4 Å². The first kappa shape index (κ1) is 21.0. The number of amides is 1. The number of hydrogen-bond donors (Lipinski definition) is 2. The van der Waals surface area contributed by atoms with E-state index >= 15 is 0 Å². The highest BCUT2D eigenvalue weighted by Crippen LogP contribution is 2.20. The average Bonchev–Trinajstić information content (AvgIpc) is 3.18. The van der Waals surface area contributed by atoms with Crippen molar-refractivity contribution in [3.8, 4) is 0 Å². The molecule has 0 saturated carbocycles. The third-order valence-electron chi connectivity index (χ3n) is 5.07. The molecule has 1 atom stereocenters. The van der Waals surface area contributed by atoms with Gasteiger partial charge in [0, 0.05) is 6.20 Å². The second-order valence-electron chi connectivity index (χ2n) is 7.61. The molecule has 8 nitrogen and oxygen atoms in total. The van der Waals surface area contributed by atoms with Crippen LogP contribution in [0.3, 0.4) is 0 Å². The fraction of sp³-hybridized carbons (Fsp3) is 0.227. The van der Waals surface area contributed by atoms with Crippen molar-refractivity contribution in [2.24, 2.45) is 5.92 Å². The van der Waals surface area contributed by atoms with Crippen molar-refractivity contribution < 1.29 is 13.2 Å². The molecule has 4 aromatic rings. The monoisotopic (exact) mass is 437 g/mol. The zero-order valence-corrected chi connectivity index (χ0v) is 18.0. The summed E-state index contributed by atoms with van der Waals surface area (Å²) in [6.07, 6.45) is 1.80. The molecule has 31 heavy (non-hydrogen) atoms. The lowest BCUT2D eigenvalue weighted by molar-refractivity contribution is -0.123. The SMILES string of the molecule is CC(C)[C@H](NS(=O)(=O)c1ccc2ccccc2c1)C(=O)NCc1nnc2ccccn12. The Morgan fingerprint density at radius 2 is 1.74 bits per heavy atom. The molecule has 0 unspecified atom stereocenters. The van der Waals surface area contributed by atoms with E-state index in [9.17, 15) is 13.2 Å². The van der Waals surface area contributed by atoms with Gasteiger partial charge < -0.3 is 5.32 Å². The van der Waals surface area contributed by atoms with E-state index in [1.165, 1.54) is 0 Å². The Balaban J connectivity index is 1.51. The number of hydrogen-bond acceptors (Lipinski definition) is 5. The molecule has 0 fully saturated rings. The van der Waals surface area contributed by atoms with Gasteiger partial charge in [-0.3, -0.25) is 9.20 Å².